The maximum Gasteiger partial charge on any atom is 0.311 e. The number of benzene rings is 2. The zero-order valence-electron chi connectivity index (χ0n) is 12.6. The molecule has 0 unspecified atom stereocenters. The molecule has 128 valence electrons. The Hall–Kier alpha value is -2.71. The summed E-state index contributed by atoms with van der Waals surface area (Å²) < 4.78 is 19.2. The van der Waals surface area contributed by atoms with Crippen molar-refractivity contribution in [3.05, 3.63) is 56.6 Å². The van der Waals surface area contributed by atoms with E-state index >= 15 is 0 Å². The maximum absolute atomic E-state index is 14.2. The highest BCUT2D eigenvalue weighted by atomic mass is 35.5. The van der Waals surface area contributed by atoms with E-state index in [-0.39, 0.29) is 33.0 Å². The number of rotatable bonds is 4. The Labute approximate surface area is 150 Å². The minimum Gasteiger partial charge on any atom is -0.490 e. The van der Waals surface area contributed by atoms with Gasteiger partial charge in [-0.2, -0.15) is 0 Å². The van der Waals surface area contributed by atoms with Gasteiger partial charge in [0, 0.05) is 12.1 Å². The molecular formula is C15H9Cl2FN4O3. The number of nitrogens with zero attached hydrogens (tertiary/aromatic N) is 3. The predicted molar refractivity (Wildman–Crippen MR) is 92.4 cm³/mol. The first kappa shape index (κ1) is 17.1. The number of halogens is 3. The van der Waals surface area contributed by atoms with E-state index in [9.17, 15) is 14.5 Å². The molecule has 0 aliphatic heterocycles. The van der Waals surface area contributed by atoms with Gasteiger partial charge in [-0.1, -0.05) is 23.2 Å². The molecule has 0 atom stereocenters. The Kier molecular flexibility index (Phi) is 4.56. The molecule has 3 aromatic rings. The minimum absolute atomic E-state index is 0.0212. The Morgan fingerprint density at radius 3 is 2.72 bits per heavy atom. The van der Waals surface area contributed by atoms with E-state index in [4.69, 9.17) is 27.9 Å². The Balaban J connectivity index is 2.15. The first-order valence-electron chi connectivity index (χ1n) is 6.80. The van der Waals surface area contributed by atoms with Gasteiger partial charge in [-0.3, -0.25) is 10.1 Å². The predicted octanol–water partition coefficient (Wildman–Crippen LogP) is 4.74. The van der Waals surface area contributed by atoms with Crippen LogP contribution in [-0.2, 0) is 0 Å². The fourth-order valence-corrected chi connectivity index (χ4v) is 2.54. The Morgan fingerprint density at radius 1 is 1.28 bits per heavy atom. The van der Waals surface area contributed by atoms with E-state index in [2.05, 4.69) is 15.3 Å². The van der Waals surface area contributed by atoms with Gasteiger partial charge < -0.3 is 10.1 Å². The first-order chi connectivity index (χ1) is 11.9. The topological polar surface area (TPSA) is 90.2 Å². The lowest BCUT2D eigenvalue weighted by atomic mass is 10.2. The molecule has 0 spiro atoms. The molecule has 0 radical (unpaired) electrons. The summed E-state index contributed by atoms with van der Waals surface area (Å²) in [7, 11) is 1.32. The van der Waals surface area contributed by atoms with E-state index in [1.165, 1.54) is 37.7 Å². The van der Waals surface area contributed by atoms with Crippen molar-refractivity contribution in [2.45, 2.75) is 0 Å². The van der Waals surface area contributed by atoms with Gasteiger partial charge in [-0.05, 0) is 12.1 Å². The smallest absolute Gasteiger partial charge is 0.311 e. The van der Waals surface area contributed by atoms with E-state index in [0.717, 1.165) is 0 Å². The van der Waals surface area contributed by atoms with Crippen LogP contribution in [0.2, 0.25) is 10.0 Å². The van der Waals surface area contributed by atoms with Crippen molar-refractivity contribution < 1.29 is 14.1 Å². The van der Waals surface area contributed by atoms with Crippen molar-refractivity contribution in [2.24, 2.45) is 0 Å². The van der Waals surface area contributed by atoms with E-state index < -0.39 is 10.7 Å². The van der Waals surface area contributed by atoms with Crippen LogP contribution in [0.15, 0.2) is 30.6 Å². The van der Waals surface area contributed by atoms with Gasteiger partial charge in [0.2, 0.25) is 0 Å². The van der Waals surface area contributed by atoms with Crippen molar-refractivity contribution in [3.8, 4) is 5.75 Å². The maximum atomic E-state index is 14.2. The van der Waals surface area contributed by atoms with E-state index in [1.54, 1.807) is 0 Å². The molecule has 0 fully saturated rings. The average molecular weight is 383 g/mol. The number of aromatic nitrogens is 2. The summed E-state index contributed by atoms with van der Waals surface area (Å²) in [5.41, 5.74) is 0.149. The number of nitro groups is 1. The third-order valence-corrected chi connectivity index (χ3v) is 4.20. The number of anilines is 2. The first-order valence-corrected chi connectivity index (χ1v) is 7.55. The lowest BCUT2D eigenvalue weighted by Gasteiger charge is -2.11. The van der Waals surface area contributed by atoms with Crippen molar-refractivity contribution in [2.75, 3.05) is 12.4 Å². The summed E-state index contributed by atoms with van der Waals surface area (Å²) in [6.45, 7) is 0. The number of ether oxygens (including phenoxy) is 1. The molecule has 0 saturated carbocycles. The largest absolute Gasteiger partial charge is 0.490 e. The molecule has 1 N–H and O–H groups in total. The van der Waals surface area contributed by atoms with Crippen molar-refractivity contribution in [1.82, 2.24) is 9.97 Å². The normalized spacial score (nSPS) is 10.7. The van der Waals surface area contributed by atoms with Gasteiger partial charge in [0.05, 0.1) is 38.7 Å². The standard InChI is InChI=1S/C15H9Cl2FN4O3/c1-25-12-5-10-7(4-11(12)22(23)24)15(20-6-19-10)21-9-3-2-8(16)13(17)14(9)18/h2-6H,1H3,(H,19,20,21). The second kappa shape index (κ2) is 6.66. The molecule has 0 aliphatic rings. The molecular weight excluding hydrogens is 374 g/mol. The average Bonchev–Trinajstić information content (AvgIpc) is 2.61. The van der Waals surface area contributed by atoms with Crippen LogP contribution in [0.4, 0.5) is 21.6 Å². The molecule has 7 nitrogen and oxygen atoms in total. The SMILES string of the molecule is COc1cc2ncnc(Nc3ccc(Cl)c(Cl)c3F)c2cc1[N+](=O)[O-]. The third kappa shape index (κ3) is 3.13. The second-order valence-electron chi connectivity index (χ2n) is 4.87. The fourth-order valence-electron chi connectivity index (χ4n) is 2.23. The van der Waals surface area contributed by atoms with Crippen LogP contribution in [0.1, 0.15) is 0 Å². The summed E-state index contributed by atoms with van der Waals surface area (Å²) in [6.07, 6.45) is 1.24. The zero-order valence-corrected chi connectivity index (χ0v) is 14.1. The van der Waals surface area contributed by atoms with Gasteiger partial charge in [-0.25, -0.2) is 14.4 Å². The van der Waals surface area contributed by atoms with Gasteiger partial charge in [0.15, 0.2) is 11.6 Å². The lowest BCUT2D eigenvalue weighted by Crippen LogP contribution is -2.00. The molecule has 25 heavy (non-hydrogen) atoms. The van der Waals surface area contributed by atoms with Gasteiger partial charge >= 0.3 is 5.69 Å². The number of nitro benzene ring substituents is 1. The van der Waals surface area contributed by atoms with Crippen LogP contribution >= 0.6 is 23.2 Å². The summed E-state index contributed by atoms with van der Waals surface area (Å²) in [5.74, 6) is -0.528. The number of fused-ring (bicyclic) bond motifs is 1. The molecule has 3 rings (SSSR count). The summed E-state index contributed by atoms with van der Waals surface area (Å²) in [4.78, 5) is 18.7. The molecule has 0 aliphatic carbocycles. The molecule has 0 bridgehead atoms. The fraction of sp³-hybridized carbons (Fsp3) is 0.0667. The number of methoxy groups -OCH3 is 1. The van der Waals surface area contributed by atoms with Gasteiger partial charge in [0.1, 0.15) is 12.1 Å². The van der Waals surface area contributed by atoms with Crippen LogP contribution in [-0.4, -0.2) is 22.0 Å². The highest BCUT2D eigenvalue weighted by Crippen LogP contribution is 2.36. The summed E-state index contributed by atoms with van der Waals surface area (Å²) in [6, 6.07) is 5.47. The minimum atomic E-state index is -0.760. The molecule has 0 amide bonds. The molecule has 1 aromatic heterocycles. The highest BCUT2D eigenvalue weighted by Gasteiger charge is 2.19. The van der Waals surface area contributed by atoms with Gasteiger partial charge in [0.25, 0.3) is 0 Å². The van der Waals surface area contributed by atoms with Crippen LogP contribution in [0.3, 0.4) is 0 Å². The lowest BCUT2D eigenvalue weighted by molar-refractivity contribution is -0.385. The summed E-state index contributed by atoms with van der Waals surface area (Å²) in [5, 5.41) is 14.1. The number of nitrogens with one attached hydrogen (secondary N) is 1. The zero-order chi connectivity index (χ0) is 18.1. The summed E-state index contributed by atoms with van der Waals surface area (Å²) >= 11 is 11.5. The van der Waals surface area contributed by atoms with Crippen LogP contribution in [0.25, 0.3) is 10.9 Å². The number of hydrogen-bond donors (Lipinski definition) is 1. The van der Waals surface area contributed by atoms with Crippen LogP contribution < -0.4 is 10.1 Å². The van der Waals surface area contributed by atoms with Crippen molar-refractivity contribution in [3.63, 3.8) is 0 Å². The van der Waals surface area contributed by atoms with E-state index in [1.807, 2.05) is 0 Å². The van der Waals surface area contributed by atoms with E-state index in [0.29, 0.717) is 10.9 Å². The molecule has 2 aromatic carbocycles. The second-order valence-corrected chi connectivity index (χ2v) is 5.65. The third-order valence-electron chi connectivity index (χ3n) is 3.42. The Bertz CT molecular complexity index is 1000. The van der Waals surface area contributed by atoms with Crippen molar-refractivity contribution in [1.29, 1.82) is 0 Å². The van der Waals surface area contributed by atoms with Crippen LogP contribution in [0.5, 0.6) is 5.75 Å². The highest BCUT2D eigenvalue weighted by molar-refractivity contribution is 6.42. The molecule has 1 heterocycles. The van der Waals surface area contributed by atoms with Crippen molar-refractivity contribution >= 4 is 51.3 Å². The van der Waals surface area contributed by atoms with Crippen LogP contribution in [0, 0.1) is 15.9 Å². The Morgan fingerprint density at radius 2 is 2.04 bits per heavy atom. The quantitative estimate of drug-likeness (QED) is 0.398. The molecule has 10 heteroatoms. The monoisotopic (exact) mass is 382 g/mol. The number of hydrogen-bond acceptors (Lipinski definition) is 6. The molecule has 0 saturated heterocycles. The van der Waals surface area contributed by atoms with Gasteiger partial charge in [-0.15, -0.1) is 0 Å².